The van der Waals surface area contributed by atoms with Crippen molar-refractivity contribution in [1.82, 2.24) is 5.32 Å². The molecular weight excluding hydrogens is 210 g/mol. The molecule has 0 bridgehead atoms. The van der Waals surface area contributed by atoms with E-state index in [2.05, 4.69) is 5.32 Å². The van der Waals surface area contributed by atoms with Gasteiger partial charge in [-0.05, 0) is 19.8 Å². The molecule has 92 valence electrons. The fourth-order valence-electron chi connectivity index (χ4n) is 2.35. The van der Waals surface area contributed by atoms with E-state index in [1.807, 2.05) is 6.92 Å². The van der Waals surface area contributed by atoms with Crippen molar-refractivity contribution in [2.24, 2.45) is 5.92 Å². The summed E-state index contributed by atoms with van der Waals surface area (Å²) < 4.78 is 5.32. The maximum Gasteiger partial charge on any atom is 0.308 e. The molecule has 1 aliphatic heterocycles. The molecule has 4 unspecified atom stereocenters. The lowest BCUT2D eigenvalue weighted by molar-refractivity contribution is -0.146. The largest absolute Gasteiger partial charge is 0.481 e. The standard InChI is InChI=1S/C11H19NO4/c1-7-11(15,4-5-16-7)6-12-9-3-2-8(9)10(13)14/h7-9,12,15H,2-6H2,1H3,(H,13,14). The molecular formula is C11H19NO4. The van der Waals surface area contributed by atoms with Gasteiger partial charge in [-0.2, -0.15) is 0 Å². The molecule has 4 atom stereocenters. The van der Waals surface area contributed by atoms with Gasteiger partial charge < -0.3 is 20.3 Å². The molecule has 0 aromatic carbocycles. The van der Waals surface area contributed by atoms with Crippen LogP contribution in [0.15, 0.2) is 0 Å². The number of rotatable bonds is 4. The van der Waals surface area contributed by atoms with E-state index in [1.165, 1.54) is 0 Å². The number of nitrogens with one attached hydrogen (secondary N) is 1. The Balaban J connectivity index is 1.81. The first kappa shape index (κ1) is 11.8. The summed E-state index contributed by atoms with van der Waals surface area (Å²) in [4.78, 5) is 10.8. The highest BCUT2D eigenvalue weighted by molar-refractivity contribution is 5.72. The molecule has 2 rings (SSSR count). The number of hydrogen-bond acceptors (Lipinski definition) is 4. The van der Waals surface area contributed by atoms with Crippen molar-refractivity contribution in [3.8, 4) is 0 Å². The molecule has 1 aliphatic carbocycles. The number of carbonyl (C=O) groups is 1. The van der Waals surface area contributed by atoms with Crippen molar-refractivity contribution in [2.45, 2.75) is 43.9 Å². The summed E-state index contributed by atoms with van der Waals surface area (Å²) in [5, 5.41) is 22.3. The second kappa shape index (κ2) is 4.31. The Kier molecular flexibility index (Phi) is 3.19. The molecule has 2 fully saturated rings. The molecule has 0 spiro atoms. The third-order valence-electron chi connectivity index (χ3n) is 3.92. The third kappa shape index (κ3) is 2.07. The zero-order valence-corrected chi connectivity index (χ0v) is 9.48. The molecule has 5 nitrogen and oxygen atoms in total. The first-order valence-corrected chi connectivity index (χ1v) is 5.83. The molecule has 1 heterocycles. The summed E-state index contributed by atoms with van der Waals surface area (Å²) in [7, 11) is 0. The zero-order valence-electron chi connectivity index (χ0n) is 9.48. The summed E-state index contributed by atoms with van der Waals surface area (Å²) in [5.74, 6) is -1.03. The average molecular weight is 229 g/mol. The van der Waals surface area contributed by atoms with Crippen LogP contribution >= 0.6 is 0 Å². The van der Waals surface area contributed by atoms with Gasteiger partial charge in [0.25, 0.3) is 0 Å². The predicted molar refractivity (Wildman–Crippen MR) is 57.1 cm³/mol. The summed E-state index contributed by atoms with van der Waals surface area (Å²) in [6.45, 7) is 2.85. The van der Waals surface area contributed by atoms with Crippen molar-refractivity contribution in [3.05, 3.63) is 0 Å². The van der Waals surface area contributed by atoms with Crippen molar-refractivity contribution < 1.29 is 19.7 Å². The van der Waals surface area contributed by atoms with E-state index in [-0.39, 0.29) is 18.1 Å². The van der Waals surface area contributed by atoms with Gasteiger partial charge in [0, 0.05) is 25.6 Å². The maximum atomic E-state index is 10.8. The van der Waals surface area contributed by atoms with E-state index in [0.29, 0.717) is 19.6 Å². The fourth-order valence-corrected chi connectivity index (χ4v) is 2.35. The first-order valence-electron chi connectivity index (χ1n) is 5.83. The Bertz CT molecular complexity index is 283. The third-order valence-corrected chi connectivity index (χ3v) is 3.92. The van der Waals surface area contributed by atoms with E-state index in [1.54, 1.807) is 0 Å². The second-order valence-corrected chi connectivity index (χ2v) is 4.88. The monoisotopic (exact) mass is 229 g/mol. The van der Waals surface area contributed by atoms with Crippen LogP contribution in [0, 0.1) is 5.92 Å². The Morgan fingerprint density at radius 1 is 1.56 bits per heavy atom. The Morgan fingerprint density at radius 3 is 2.75 bits per heavy atom. The summed E-state index contributed by atoms with van der Waals surface area (Å²) in [6.07, 6.45) is 2.05. The highest BCUT2D eigenvalue weighted by Crippen LogP contribution is 2.30. The van der Waals surface area contributed by atoms with Crippen LogP contribution in [0.2, 0.25) is 0 Å². The molecule has 0 aromatic rings. The summed E-state index contributed by atoms with van der Waals surface area (Å²) >= 11 is 0. The number of carboxylic acids is 1. The molecule has 2 aliphatic rings. The molecule has 1 saturated heterocycles. The van der Waals surface area contributed by atoms with Crippen LogP contribution in [-0.2, 0) is 9.53 Å². The minimum atomic E-state index is -0.835. The van der Waals surface area contributed by atoms with Gasteiger partial charge in [-0.3, -0.25) is 4.79 Å². The maximum absolute atomic E-state index is 10.8. The quantitative estimate of drug-likeness (QED) is 0.631. The van der Waals surface area contributed by atoms with Crippen molar-refractivity contribution >= 4 is 5.97 Å². The molecule has 0 amide bonds. The van der Waals surface area contributed by atoms with E-state index in [9.17, 15) is 9.90 Å². The molecule has 16 heavy (non-hydrogen) atoms. The van der Waals surface area contributed by atoms with Crippen molar-refractivity contribution in [2.75, 3.05) is 13.2 Å². The Labute approximate surface area is 94.8 Å². The molecule has 1 saturated carbocycles. The van der Waals surface area contributed by atoms with Crippen LogP contribution in [-0.4, -0.2) is 47.1 Å². The van der Waals surface area contributed by atoms with Crippen LogP contribution in [0.3, 0.4) is 0 Å². The minimum absolute atomic E-state index is 0.00863. The molecule has 0 radical (unpaired) electrons. The lowest BCUT2D eigenvalue weighted by atomic mass is 9.79. The molecule has 5 heteroatoms. The van der Waals surface area contributed by atoms with Crippen LogP contribution in [0.4, 0.5) is 0 Å². The minimum Gasteiger partial charge on any atom is -0.481 e. The number of aliphatic carboxylic acids is 1. The number of aliphatic hydroxyl groups is 1. The van der Waals surface area contributed by atoms with Crippen molar-refractivity contribution in [3.63, 3.8) is 0 Å². The topological polar surface area (TPSA) is 78.8 Å². The Morgan fingerprint density at radius 2 is 2.31 bits per heavy atom. The average Bonchev–Trinajstić information content (AvgIpc) is 2.45. The molecule has 3 N–H and O–H groups in total. The van der Waals surface area contributed by atoms with Gasteiger partial charge in [-0.15, -0.1) is 0 Å². The van der Waals surface area contributed by atoms with Crippen molar-refractivity contribution in [1.29, 1.82) is 0 Å². The Hall–Kier alpha value is -0.650. The van der Waals surface area contributed by atoms with Gasteiger partial charge in [-0.1, -0.05) is 0 Å². The van der Waals surface area contributed by atoms with Gasteiger partial charge in [-0.25, -0.2) is 0 Å². The van der Waals surface area contributed by atoms with Gasteiger partial charge in [0.05, 0.1) is 12.0 Å². The zero-order chi connectivity index (χ0) is 11.8. The highest BCUT2D eigenvalue weighted by Gasteiger charge is 2.42. The number of carboxylic acid groups (broad SMARTS) is 1. The van der Waals surface area contributed by atoms with E-state index in [4.69, 9.17) is 9.84 Å². The number of hydrogen-bond donors (Lipinski definition) is 3. The van der Waals surface area contributed by atoms with Crippen LogP contribution < -0.4 is 5.32 Å². The first-order chi connectivity index (χ1) is 7.53. The van der Waals surface area contributed by atoms with Gasteiger partial charge >= 0.3 is 5.97 Å². The van der Waals surface area contributed by atoms with E-state index >= 15 is 0 Å². The van der Waals surface area contributed by atoms with Gasteiger partial charge in [0.2, 0.25) is 0 Å². The van der Waals surface area contributed by atoms with Gasteiger partial charge in [0.1, 0.15) is 5.60 Å². The smallest absolute Gasteiger partial charge is 0.308 e. The lowest BCUT2D eigenvalue weighted by Gasteiger charge is -2.37. The SMILES string of the molecule is CC1OCCC1(O)CNC1CCC1C(=O)O. The highest BCUT2D eigenvalue weighted by atomic mass is 16.5. The fraction of sp³-hybridized carbons (Fsp3) is 0.909. The van der Waals surface area contributed by atoms with Crippen LogP contribution in [0.5, 0.6) is 0 Å². The van der Waals surface area contributed by atoms with E-state index in [0.717, 1.165) is 12.8 Å². The number of ether oxygens (including phenoxy) is 1. The summed E-state index contributed by atoms with van der Waals surface area (Å²) in [5.41, 5.74) is -0.835. The lowest BCUT2D eigenvalue weighted by Crippen LogP contribution is -2.54. The van der Waals surface area contributed by atoms with E-state index < -0.39 is 11.6 Å². The van der Waals surface area contributed by atoms with Gasteiger partial charge in [0.15, 0.2) is 0 Å². The van der Waals surface area contributed by atoms with Crippen LogP contribution in [0.25, 0.3) is 0 Å². The predicted octanol–water partition coefficient (Wildman–Crippen LogP) is -0.0209. The van der Waals surface area contributed by atoms with Crippen LogP contribution in [0.1, 0.15) is 26.2 Å². The normalized spacial score (nSPS) is 43.0. The second-order valence-electron chi connectivity index (χ2n) is 4.88. The molecule has 0 aromatic heterocycles. The summed E-state index contributed by atoms with van der Waals surface area (Å²) in [6, 6.07) is 0.00863.